The third-order valence-electron chi connectivity index (χ3n) is 5.27. The Kier molecular flexibility index (Phi) is 7.18. The summed E-state index contributed by atoms with van der Waals surface area (Å²) in [5.41, 5.74) is 3.74. The molecule has 1 unspecified atom stereocenters. The highest BCUT2D eigenvalue weighted by Crippen LogP contribution is 2.33. The first-order valence-corrected chi connectivity index (χ1v) is 11.7. The molecule has 1 fully saturated rings. The Hall–Kier alpha value is -3.78. The second kappa shape index (κ2) is 10.4. The van der Waals surface area contributed by atoms with Crippen LogP contribution in [-0.4, -0.2) is 37.9 Å². The Morgan fingerprint density at radius 1 is 1.06 bits per heavy atom. The number of ketones is 1. The number of rotatable bonds is 7. The molecule has 0 radical (unpaired) electrons. The molecule has 34 heavy (non-hydrogen) atoms. The lowest BCUT2D eigenvalue weighted by atomic mass is 10.1. The predicted octanol–water partition coefficient (Wildman–Crippen LogP) is 4.75. The van der Waals surface area contributed by atoms with Crippen LogP contribution in [0.25, 0.3) is 0 Å². The molecule has 0 saturated carbocycles. The van der Waals surface area contributed by atoms with E-state index in [1.807, 2.05) is 49.4 Å². The van der Waals surface area contributed by atoms with E-state index in [9.17, 15) is 14.4 Å². The smallest absolute Gasteiger partial charge is 0.243 e. The number of aliphatic imine (C=N–C) groups is 1. The lowest BCUT2D eigenvalue weighted by Crippen LogP contribution is -2.33. The van der Waals surface area contributed by atoms with Gasteiger partial charge in [-0.1, -0.05) is 35.5 Å². The fourth-order valence-electron chi connectivity index (χ4n) is 3.42. The molecule has 8 heteroatoms. The van der Waals surface area contributed by atoms with Crippen LogP contribution in [0, 0.1) is 6.92 Å². The summed E-state index contributed by atoms with van der Waals surface area (Å²) < 4.78 is 0. The minimum absolute atomic E-state index is 0.00357. The Bertz CT molecular complexity index is 1230. The molecule has 0 spiro atoms. The first kappa shape index (κ1) is 23.4. The van der Waals surface area contributed by atoms with Crippen molar-refractivity contribution >= 4 is 45.9 Å². The first-order chi connectivity index (χ1) is 16.4. The fraction of sp³-hybridized carbons (Fsp3) is 0.192. The molecule has 4 rings (SSSR count). The number of thioether (sulfide) groups is 1. The molecule has 1 aliphatic rings. The van der Waals surface area contributed by atoms with Gasteiger partial charge in [0.05, 0.1) is 17.9 Å². The van der Waals surface area contributed by atoms with Crippen molar-refractivity contribution in [2.45, 2.75) is 32.1 Å². The number of anilines is 1. The van der Waals surface area contributed by atoms with Crippen LogP contribution in [0.2, 0.25) is 0 Å². The van der Waals surface area contributed by atoms with Crippen LogP contribution in [0.15, 0.2) is 77.9 Å². The van der Waals surface area contributed by atoms with Crippen LogP contribution in [0.4, 0.5) is 11.4 Å². The number of benzene rings is 2. The molecule has 2 amide bonds. The fourth-order valence-corrected chi connectivity index (χ4v) is 4.58. The van der Waals surface area contributed by atoms with Crippen LogP contribution < -0.4 is 5.32 Å². The van der Waals surface area contributed by atoms with Gasteiger partial charge in [0.25, 0.3) is 0 Å². The van der Waals surface area contributed by atoms with E-state index in [2.05, 4.69) is 15.3 Å². The quantitative estimate of drug-likeness (QED) is 0.501. The van der Waals surface area contributed by atoms with Crippen molar-refractivity contribution in [3.8, 4) is 0 Å². The maximum absolute atomic E-state index is 13.3. The lowest BCUT2D eigenvalue weighted by Gasteiger charge is -2.16. The van der Waals surface area contributed by atoms with Gasteiger partial charge in [-0.05, 0) is 62.4 Å². The number of carbonyl (C=O) groups is 3. The average molecular weight is 473 g/mol. The zero-order chi connectivity index (χ0) is 24.1. The van der Waals surface area contributed by atoms with Crippen LogP contribution in [0.5, 0.6) is 0 Å². The molecule has 1 aromatic heterocycles. The summed E-state index contributed by atoms with van der Waals surface area (Å²) in [4.78, 5) is 48.0. The number of amidine groups is 1. The van der Waals surface area contributed by atoms with Gasteiger partial charge in [0.1, 0.15) is 5.25 Å². The number of hydrogen-bond acceptors (Lipinski definition) is 6. The van der Waals surface area contributed by atoms with Gasteiger partial charge in [-0.15, -0.1) is 0 Å². The normalized spacial score (nSPS) is 16.6. The average Bonchev–Trinajstić information content (AvgIpc) is 3.10. The van der Waals surface area contributed by atoms with Gasteiger partial charge in [0.15, 0.2) is 11.0 Å². The SMILES string of the molecule is CC(=O)c1ccc(NC(=O)CC2SC(=Nc3ccc(C)cc3)N(Cc3ccccn3)C2=O)cc1. The highest BCUT2D eigenvalue weighted by Gasteiger charge is 2.39. The molecule has 1 saturated heterocycles. The van der Waals surface area contributed by atoms with Crippen molar-refractivity contribution in [1.82, 2.24) is 9.88 Å². The summed E-state index contributed by atoms with van der Waals surface area (Å²) >= 11 is 1.28. The van der Waals surface area contributed by atoms with Crippen LogP contribution in [0.1, 0.15) is 35.0 Å². The molecule has 7 nitrogen and oxygen atoms in total. The Morgan fingerprint density at radius 3 is 2.44 bits per heavy atom. The van der Waals surface area contributed by atoms with Crippen molar-refractivity contribution in [3.05, 3.63) is 89.7 Å². The Morgan fingerprint density at radius 2 is 1.79 bits per heavy atom. The van der Waals surface area contributed by atoms with Crippen molar-refractivity contribution in [3.63, 3.8) is 0 Å². The van der Waals surface area contributed by atoms with Crippen molar-refractivity contribution < 1.29 is 14.4 Å². The molecule has 1 N–H and O–H groups in total. The summed E-state index contributed by atoms with van der Waals surface area (Å²) in [6, 6.07) is 19.9. The molecule has 0 aliphatic carbocycles. The Labute approximate surface area is 202 Å². The van der Waals surface area contributed by atoms with Gasteiger partial charge in [-0.25, -0.2) is 4.99 Å². The van der Waals surface area contributed by atoms with Gasteiger partial charge >= 0.3 is 0 Å². The van der Waals surface area contributed by atoms with Crippen molar-refractivity contribution in [2.75, 3.05) is 5.32 Å². The van der Waals surface area contributed by atoms with E-state index in [-0.39, 0.29) is 30.6 Å². The summed E-state index contributed by atoms with van der Waals surface area (Å²) in [6.45, 7) is 3.77. The number of hydrogen-bond donors (Lipinski definition) is 1. The number of nitrogens with one attached hydrogen (secondary N) is 1. The van der Waals surface area contributed by atoms with E-state index < -0.39 is 5.25 Å². The van der Waals surface area contributed by atoms with E-state index in [0.29, 0.717) is 16.4 Å². The number of nitrogens with zero attached hydrogens (tertiary/aromatic N) is 3. The number of pyridine rings is 1. The minimum Gasteiger partial charge on any atom is -0.326 e. The number of aromatic nitrogens is 1. The highest BCUT2D eigenvalue weighted by molar-refractivity contribution is 8.15. The lowest BCUT2D eigenvalue weighted by molar-refractivity contribution is -0.128. The van der Waals surface area contributed by atoms with Gasteiger partial charge in [-0.3, -0.25) is 24.3 Å². The number of aryl methyl sites for hydroxylation is 1. The second-order valence-corrected chi connectivity index (χ2v) is 9.14. The molecule has 1 atom stereocenters. The molecular formula is C26H24N4O3S. The molecule has 0 bridgehead atoms. The topological polar surface area (TPSA) is 91.7 Å². The van der Waals surface area contributed by atoms with E-state index in [4.69, 9.17) is 0 Å². The van der Waals surface area contributed by atoms with Gasteiger partial charge in [0, 0.05) is 23.9 Å². The van der Waals surface area contributed by atoms with Gasteiger partial charge in [0.2, 0.25) is 11.8 Å². The zero-order valence-corrected chi connectivity index (χ0v) is 19.7. The largest absolute Gasteiger partial charge is 0.326 e. The van der Waals surface area contributed by atoms with E-state index in [0.717, 1.165) is 16.9 Å². The Balaban J connectivity index is 1.50. The van der Waals surface area contributed by atoms with E-state index >= 15 is 0 Å². The van der Waals surface area contributed by atoms with Crippen molar-refractivity contribution in [1.29, 1.82) is 0 Å². The minimum atomic E-state index is -0.593. The molecule has 1 aliphatic heterocycles. The third-order valence-corrected chi connectivity index (χ3v) is 6.45. The molecular weight excluding hydrogens is 448 g/mol. The van der Waals surface area contributed by atoms with E-state index in [1.165, 1.54) is 18.7 Å². The monoisotopic (exact) mass is 472 g/mol. The first-order valence-electron chi connectivity index (χ1n) is 10.8. The van der Waals surface area contributed by atoms with Crippen molar-refractivity contribution in [2.24, 2.45) is 4.99 Å². The predicted molar refractivity (Wildman–Crippen MR) is 134 cm³/mol. The molecule has 2 heterocycles. The van der Waals surface area contributed by atoms with Crippen LogP contribution >= 0.6 is 11.8 Å². The molecule has 3 aromatic rings. The standard InChI is InChI=1S/C26H24N4O3S/c1-17-6-10-21(11-7-17)29-26-30(16-22-5-3-4-14-27-22)25(33)23(34-26)15-24(32)28-20-12-8-19(9-13-20)18(2)31/h3-14,23H,15-16H2,1-2H3,(H,28,32). The van der Waals surface area contributed by atoms with E-state index in [1.54, 1.807) is 35.4 Å². The maximum Gasteiger partial charge on any atom is 0.243 e. The second-order valence-electron chi connectivity index (χ2n) is 7.97. The van der Waals surface area contributed by atoms with Gasteiger partial charge in [-0.2, -0.15) is 0 Å². The summed E-state index contributed by atoms with van der Waals surface area (Å²) in [5, 5.41) is 2.76. The van der Waals surface area contributed by atoms with Crippen LogP contribution in [0.3, 0.4) is 0 Å². The molecule has 172 valence electrons. The summed E-state index contributed by atoms with van der Waals surface area (Å²) in [7, 11) is 0. The summed E-state index contributed by atoms with van der Waals surface area (Å²) in [5.74, 6) is -0.501. The third kappa shape index (κ3) is 5.77. The number of carbonyl (C=O) groups excluding carboxylic acids is 3. The maximum atomic E-state index is 13.3. The summed E-state index contributed by atoms with van der Waals surface area (Å²) in [6.07, 6.45) is 1.69. The van der Waals surface area contributed by atoms with Gasteiger partial charge < -0.3 is 5.32 Å². The highest BCUT2D eigenvalue weighted by atomic mass is 32.2. The number of Topliss-reactive ketones (excluding diaryl/α,β-unsaturated/α-hetero) is 1. The van der Waals surface area contributed by atoms with Crippen LogP contribution in [-0.2, 0) is 16.1 Å². The number of amides is 2. The zero-order valence-electron chi connectivity index (χ0n) is 18.9. The molecule has 2 aromatic carbocycles.